The molecule has 2 unspecified atom stereocenters. The SMILES string of the molecule is Cc1ccc2c(N3C(=O)C4CCCC43)cccc2c1Oc1ncccc1-c1ccnc(N)n1. The number of carbonyl (C=O) groups excluding carboxylic acids is 1. The van der Waals surface area contributed by atoms with E-state index >= 15 is 0 Å². The molecule has 2 atom stereocenters. The summed E-state index contributed by atoms with van der Waals surface area (Å²) in [5.74, 6) is 1.77. The molecule has 2 N–H and O–H groups in total. The van der Waals surface area contributed by atoms with Gasteiger partial charge in [0.2, 0.25) is 17.7 Å². The summed E-state index contributed by atoms with van der Waals surface area (Å²) in [6, 6.07) is 16.0. The van der Waals surface area contributed by atoms with Gasteiger partial charge in [-0.15, -0.1) is 0 Å². The summed E-state index contributed by atoms with van der Waals surface area (Å²) in [5.41, 5.74) is 9.09. The number of benzene rings is 2. The number of nitrogens with two attached hydrogens (primary N) is 1. The number of hydrogen-bond donors (Lipinski definition) is 1. The molecule has 1 saturated carbocycles. The lowest BCUT2D eigenvalue weighted by Gasteiger charge is -2.44. The first-order chi connectivity index (χ1) is 16.1. The molecule has 0 bridgehead atoms. The Bertz CT molecular complexity index is 1400. The van der Waals surface area contributed by atoms with Gasteiger partial charge in [0.1, 0.15) is 5.75 Å². The molecular weight excluding hydrogens is 414 g/mol. The fourth-order valence-corrected chi connectivity index (χ4v) is 5.15. The van der Waals surface area contributed by atoms with E-state index < -0.39 is 0 Å². The van der Waals surface area contributed by atoms with Crippen LogP contribution in [-0.2, 0) is 4.79 Å². The van der Waals surface area contributed by atoms with Crippen LogP contribution in [0.5, 0.6) is 11.6 Å². The van der Waals surface area contributed by atoms with Crippen LogP contribution in [0.15, 0.2) is 60.9 Å². The first-order valence-corrected chi connectivity index (χ1v) is 11.2. The molecule has 2 aromatic carbocycles. The van der Waals surface area contributed by atoms with Crippen molar-refractivity contribution in [1.29, 1.82) is 0 Å². The van der Waals surface area contributed by atoms with Gasteiger partial charge in [-0.3, -0.25) is 4.79 Å². The Balaban J connectivity index is 1.45. The molecule has 1 amide bonds. The van der Waals surface area contributed by atoms with Gasteiger partial charge in [-0.2, -0.15) is 0 Å². The van der Waals surface area contributed by atoms with E-state index in [1.54, 1.807) is 18.5 Å². The Morgan fingerprint density at radius 2 is 1.91 bits per heavy atom. The van der Waals surface area contributed by atoms with Gasteiger partial charge >= 0.3 is 0 Å². The van der Waals surface area contributed by atoms with Gasteiger partial charge in [-0.05, 0) is 49.6 Å². The Kier molecular flexibility index (Phi) is 4.50. The van der Waals surface area contributed by atoms with E-state index in [4.69, 9.17) is 10.5 Å². The average molecular weight is 438 g/mol. The monoisotopic (exact) mass is 437 g/mol. The van der Waals surface area contributed by atoms with Crippen molar-refractivity contribution in [1.82, 2.24) is 15.0 Å². The lowest BCUT2D eigenvalue weighted by molar-refractivity contribution is -0.128. The number of aryl methyl sites for hydroxylation is 1. The zero-order chi connectivity index (χ0) is 22.5. The van der Waals surface area contributed by atoms with Crippen LogP contribution in [0.25, 0.3) is 22.0 Å². The zero-order valence-corrected chi connectivity index (χ0v) is 18.2. The van der Waals surface area contributed by atoms with Crippen LogP contribution in [0, 0.1) is 12.8 Å². The summed E-state index contributed by atoms with van der Waals surface area (Å²) in [4.78, 5) is 27.6. The number of anilines is 2. The molecule has 1 saturated heterocycles. The minimum absolute atomic E-state index is 0.192. The number of carbonyl (C=O) groups is 1. The highest BCUT2D eigenvalue weighted by Crippen LogP contribution is 2.46. The number of amides is 1. The first kappa shape index (κ1) is 19.7. The van der Waals surface area contributed by atoms with Gasteiger partial charge in [-0.1, -0.05) is 30.7 Å². The third kappa shape index (κ3) is 3.11. The average Bonchev–Trinajstić information content (AvgIpc) is 3.25. The molecule has 7 nitrogen and oxygen atoms in total. The maximum atomic E-state index is 12.8. The molecule has 4 aromatic rings. The molecular formula is C26H23N5O2. The number of aromatic nitrogens is 3. The van der Waals surface area contributed by atoms with E-state index in [0.29, 0.717) is 23.4 Å². The molecule has 164 valence electrons. The van der Waals surface area contributed by atoms with Crippen molar-refractivity contribution < 1.29 is 9.53 Å². The molecule has 1 aliphatic heterocycles. The molecule has 6 rings (SSSR count). The third-order valence-corrected chi connectivity index (χ3v) is 6.73. The summed E-state index contributed by atoms with van der Waals surface area (Å²) >= 11 is 0. The zero-order valence-electron chi connectivity index (χ0n) is 18.2. The highest BCUT2D eigenvalue weighted by Gasteiger charge is 2.50. The molecule has 2 aromatic heterocycles. The second-order valence-corrected chi connectivity index (χ2v) is 8.66. The van der Waals surface area contributed by atoms with Crippen molar-refractivity contribution >= 4 is 28.3 Å². The van der Waals surface area contributed by atoms with Crippen LogP contribution in [0.2, 0.25) is 0 Å². The van der Waals surface area contributed by atoms with Crippen LogP contribution < -0.4 is 15.4 Å². The standard InChI is InChI=1S/C26H23N5O2/c1-15-10-11-16-17(5-2-8-21(16)31-22-9-3-6-19(22)25(31)32)23(15)33-24-18(7-4-13-28-24)20-12-14-29-26(27)30-20/h2,4-5,7-8,10-14,19,22H,3,6,9H2,1H3,(H2,27,29,30). The van der Waals surface area contributed by atoms with E-state index in [0.717, 1.165) is 46.8 Å². The third-order valence-electron chi connectivity index (χ3n) is 6.73. The summed E-state index contributed by atoms with van der Waals surface area (Å²) in [5, 5.41) is 1.95. The van der Waals surface area contributed by atoms with Crippen molar-refractivity contribution in [3.05, 3.63) is 66.5 Å². The highest BCUT2D eigenvalue weighted by atomic mass is 16.5. The van der Waals surface area contributed by atoms with E-state index in [-0.39, 0.29) is 17.8 Å². The Labute approximate surface area is 191 Å². The topological polar surface area (TPSA) is 94.2 Å². The first-order valence-electron chi connectivity index (χ1n) is 11.2. The number of ether oxygens (including phenoxy) is 1. The number of β-lactam (4-membered cyclic amide) rings is 1. The lowest BCUT2D eigenvalue weighted by Crippen LogP contribution is -2.58. The largest absolute Gasteiger partial charge is 0.437 e. The number of nitrogen functional groups attached to an aromatic ring is 1. The number of nitrogens with zero attached hydrogens (tertiary/aromatic N) is 4. The van der Waals surface area contributed by atoms with Crippen molar-refractivity contribution in [3.63, 3.8) is 0 Å². The van der Waals surface area contributed by atoms with Crippen LogP contribution in [0.1, 0.15) is 24.8 Å². The second kappa shape index (κ2) is 7.55. The Hall–Kier alpha value is -4.00. The Morgan fingerprint density at radius 1 is 1.00 bits per heavy atom. The quantitative estimate of drug-likeness (QED) is 0.457. The van der Waals surface area contributed by atoms with Crippen LogP contribution in [-0.4, -0.2) is 26.9 Å². The van der Waals surface area contributed by atoms with Crippen molar-refractivity contribution in [2.75, 3.05) is 10.6 Å². The normalized spacial score (nSPS) is 19.4. The predicted molar refractivity (Wildman–Crippen MR) is 127 cm³/mol. The van der Waals surface area contributed by atoms with Gasteiger partial charge in [-0.25, -0.2) is 15.0 Å². The number of hydrogen-bond acceptors (Lipinski definition) is 6. The molecule has 2 aliphatic rings. The Morgan fingerprint density at radius 3 is 2.79 bits per heavy atom. The second-order valence-electron chi connectivity index (χ2n) is 8.66. The lowest BCUT2D eigenvalue weighted by atomic mass is 9.89. The maximum absolute atomic E-state index is 12.8. The molecule has 0 radical (unpaired) electrons. The molecule has 33 heavy (non-hydrogen) atoms. The maximum Gasteiger partial charge on any atom is 0.232 e. The van der Waals surface area contributed by atoms with Crippen molar-refractivity contribution in [2.45, 2.75) is 32.2 Å². The minimum Gasteiger partial charge on any atom is -0.437 e. The molecule has 3 heterocycles. The summed E-state index contributed by atoms with van der Waals surface area (Å²) in [6.07, 6.45) is 6.50. The number of pyridine rings is 1. The summed E-state index contributed by atoms with van der Waals surface area (Å²) in [6.45, 7) is 2.01. The summed E-state index contributed by atoms with van der Waals surface area (Å²) < 4.78 is 6.43. The molecule has 0 spiro atoms. The van der Waals surface area contributed by atoms with Crippen LogP contribution >= 0.6 is 0 Å². The van der Waals surface area contributed by atoms with E-state index in [9.17, 15) is 4.79 Å². The van der Waals surface area contributed by atoms with Crippen molar-refractivity contribution in [2.24, 2.45) is 5.92 Å². The molecule has 1 aliphatic carbocycles. The van der Waals surface area contributed by atoms with Crippen LogP contribution in [0.3, 0.4) is 0 Å². The highest BCUT2D eigenvalue weighted by molar-refractivity contribution is 6.10. The van der Waals surface area contributed by atoms with Gasteiger partial charge in [0.25, 0.3) is 0 Å². The molecule has 7 heteroatoms. The predicted octanol–water partition coefficient (Wildman–Crippen LogP) is 4.89. The van der Waals surface area contributed by atoms with Gasteiger partial charge in [0.05, 0.1) is 22.9 Å². The van der Waals surface area contributed by atoms with E-state index in [1.807, 2.05) is 48.2 Å². The smallest absolute Gasteiger partial charge is 0.232 e. The van der Waals surface area contributed by atoms with E-state index in [1.165, 1.54) is 0 Å². The van der Waals surface area contributed by atoms with Crippen molar-refractivity contribution in [3.8, 4) is 22.9 Å². The number of rotatable bonds is 4. The minimum atomic E-state index is 0.192. The van der Waals surface area contributed by atoms with Gasteiger partial charge in [0.15, 0.2) is 0 Å². The van der Waals surface area contributed by atoms with Crippen LogP contribution in [0.4, 0.5) is 11.6 Å². The van der Waals surface area contributed by atoms with Gasteiger partial charge in [0, 0.05) is 29.2 Å². The summed E-state index contributed by atoms with van der Waals surface area (Å²) in [7, 11) is 0. The fourth-order valence-electron chi connectivity index (χ4n) is 5.15. The van der Waals surface area contributed by atoms with E-state index in [2.05, 4.69) is 21.0 Å². The fraction of sp³-hybridized carbons (Fsp3) is 0.231. The molecule has 2 fully saturated rings. The number of fused-ring (bicyclic) bond motifs is 2. The van der Waals surface area contributed by atoms with Gasteiger partial charge < -0.3 is 15.4 Å².